The quantitative estimate of drug-likeness (QED) is 0.831. The number of rotatable bonds is 5. The van der Waals surface area contributed by atoms with E-state index in [1.807, 2.05) is 9.80 Å². The number of hydrogen-bond donors (Lipinski definition) is 1. The highest BCUT2D eigenvalue weighted by Gasteiger charge is 2.30. The van der Waals surface area contributed by atoms with Gasteiger partial charge in [-0.2, -0.15) is 0 Å². The van der Waals surface area contributed by atoms with Crippen molar-refractivity contribution in [3.05, 3.63) is 0 Å². The number of carbonyl (C=O) groups is 2. The van der Waals surface area contributed by atoms with Gasteiger partial charge in [0.05, 0.1) is 0 Å². The molecule has 1 unspecified atom stereocenters. The summed E-state index contributed by atoms with van der Waals surface area (Å²) in [5.41, 5.74) is 0. The van der Waals surface area contributed by atoms with Crippen LogP contribution < -0.4 is 0 Å². The van der Waals surface area contributed by atoms with Gasteiger partial charge in [0.15, 0.2) is 0 Å². The number of carboxylic acid groups (broad SMARTS) is 1. The van der Waals surface area contributed by atoms with E-state index in [4.69, 9.17) is 5.11 Å². The molecule has 2 saturated heterocycles. The second kappa shape index (κ2) is 7.64. The van der Waals surface area contributed by atoms with Crippen LogP contribution in [0.15, 0.2) is 0 Å². The van der Waals surface area contributed by atoms with Gasteiger partial charge in [-0.05, 0) is 31.7 Å². The Labute approximate surface area is 126 Å². The maximum atomic E-state index is 12.5. The van der Waals surface area contributed by atoms with Crippen LogP contribution in [0, 0.1) is 5.92 Å². The molecule has 2 aliphatic heterocycles. The molecule has 1 atom stereocenters. The first-order valence-corrected chi connectivity index (χ1v) is 8.08. The molecule has 0 aromatic rings. The van der Waals surface area contributed by atoms with Crippen LogP contribution in [0.4, 0.5) is 4.79 Å². The average molecular weight is 297 g/mol. The highest BCUT2D eigenvalue weighted by Crippen LogP contribution is 2.22. The highest BCUT2D eigenvalue weighted by molar-refractivity contribution is 5.75. The maximum absolute atomic E-state index is 12.5. The van der Waals surface area contributed by atoms with Crippen LogP contribution in [-0.4, -0.2) is 77.6 Å². The fourth-order valence-corrected chi connectivity index (χ4v) is 3.25. The van der Waals surface area contributed by atoms with E-state index in [1.165, 1.54) is 0 Å². The van der Waals surface area contributed by atoms with Gasteiger partial charge in [0.1, 0.15) is 0 Å². The molecule has 2 aliphatic rings. The molecule has 6 nitrogen and oxygen atoms in total. The van der Waals surface area contributed by atoms with Crippen molar-refractivity contribution < 1.29 is 14.7 Å². The minimum Gasteiger partial charge on any atom is -0.481 e. The van der Waals surface area contributed by atoms with E-state index in [0.29, 0.717) is 12.3 Å². The van der Waals surface area contributed by atoms with E-state index in [2.05, 4.69) is 11.8 Å². The number of carboxylic acids is 1. The van der Waals surface area contributed by atoms with Gasteiger partial charge >= 0.3 is 12.0 Å². The summed E-state index contributed by atoms with van der Waals surface area (Å²) in [7, 11) is 0. The van der Waals surface area contributed by atoms with Gasteiger partial charge in [0, 0.05) is 45.7 Å². The van der Waals surface area contributed by atoms with Crippen molar-refractivity contribution in [2.75, 3.05) is 45.8 Å². The van der Waals surface area contributed by atoms with Crippen molar-refractivity contribution in [2.24, 2.45) is 5.92 Å². The number of nitrogens with zero attached hydrogens (tertiary/aromatic N) is 3. The molecule has 0 radical (unpaired) electrons. The zero-order valence-corrected chi connectivity index (χ0v) is 13.0. The van der Waals surface area contributed by atoms with Crippen LogP contribution in [0.25, 0.3) is 0 Å². The van der Waals surface area contributed by atoms with E-state index >= 15 is 0 Å². The number of piperazine rings is 1. The Bertz CT molecular complexity index is 367. The van der Waals surface area contributed by atoms with Crippen molar-refractivity contribution in [3.63, 3.8) is 0 Å². The molecule has 0 saturated carbocycles. The molecule has 2 rings (SSSR count). The van der Waals surface area contributed by atoms with Gasteiger partial charge < -0.3 is 14.9 Å². The number of amides is 2. The third-order valence-electron chi connectivity index (χ3n) is 4.51. The van der Waals surface area contributed by atoms with Gasteiger partial charge in [-0.15, -0.1) is 0 Å². The minimum absolute atomic E-state index is 0.143. The van der Waals surface area contributed by atoms with Gasteiger partial charge in [-0.3, -0.25) is 9.69 Å². The summed E-state index contributed by atoms with van der Waals surface area (Å²) in [4.78, 5) is 29.3. The fraction of sp³-hybridized carbons (Fsp3) is 0.867. The molecule has 0 aliphatic carbocycles. The Morgan fingerprint density at radius 1 is 1.10 bits per heavy atom. The zero-order chi connectivity index (χ0) is 15.2. The molecule has 2 amide bonds. The number of aliphatic carboxylic acids is 1. The lowest BCUT2D eigenvalue weighted by Crippen LogP contribution is -2.52. The molecular formula is C15H27N3O3. The Hall–Kier alpha value is -1.30. The Morgan fingerprint density at radius 2 is 1.81 bits per heavy atom. The first-order chi connectivity index (χ1) is 10.1. The van der Waals surface area contributed by atoms with Crippen LogP contribution >= 0.6 is 0 Å². The lowest BCUT2D eigenvalue weighted by Gasteiger charge is -2.36. The Balaban J connectivity index is 1.73. The van der Waals surface area contributed by atoms with E-state index < -0.39 is 5.97 Å². The summed E-state index contributed by atoms with van der Waals surface area (Å²) in [5, 5.41) is 8.73. The lowest BCUT2D eigenvalue weighted by molar-refractivity contribution is -0.137. The minimum atomic E-state index is -0.744. The van der Waals surface area contributed by atoms with Crippen LogP contribution in [-0.2, 0) is 4.79 Å². The molecule has 0 spiro atoms. The number of likely N-dealkylation sites (tertiary alicyclic amines) is 1. The predicted molar refractivity (Wildman–Crippen MR) is 80.2 cm³/mol. The lowest BCUT2D eigenvalue weighted by atomic mass is 10.0. The molecule has 1 N–H and O–H groups in total. The third-order valence-corrected chi connectivity index (χ3v) is 4.51. The summed E-state index contributed by atoms with van der Waals surface area (Å²) in [5.74, 6) is -0.391. The fourth-order valence-electron chi connectivity index (χ4n) is 3.25. The van der Waals surface area contributed by atoms with Crippen molar-refractivity contribution in [2.45, 2.75) is 32.6 Å². The van der Waals surface area contributed by atoms with Crippen molar-refractivity contribution in [3.8, 4) is 0 Å². The monoisotopic (exact) mass is 297 g/mol. The van der Waals surface area contributed by atoms with Crippen LogP contribution in [0.3, 0.4) is 0 Å². The topological polar surface area (TPSA) is 64.1 Å². The maximum Gasteiger partial charge on any atom is 0.320 e. The van der Waals surface area contributed by atoms with E-state index in [-0.39, 0.29) is 12.5 Å². The van der Waals surface area contributed by atoms with Gasteiger partial charge in [-0.25, -0.2) is 4.79 Å². The molecule has 2 fully saturated rings. The smallest absolute Gasteiger partial charge is 0.320 e. The SMILES string of the molecule is CCCN1CCN(C(=O)N2CCC(CCC(=O)O)C2)CC1. The van der Waals surface area contributed by atoms with Gasteiger partial charge in [0.2, 0.25) is 0 Å². The van der Waals surface area contributed by atoms with Crippen LogP contribution in [0.2, 0.25) is 0 Å². The normalized spacial score (nSPS) is 23.6. The largest absolute Gasteiger partial charge is 0.481 e. The molecule has 120 valence electrons. The molecule has 21 heavy (non-hydrogen) atoms. The molecule has 0 bridgehead atoms. The van der Waals surface area contributed by atoms with Crippen molar-refractivity contribution >= 4 is 12.0 Å². The molecule has 6 heteroatoms. The third kappa shape index (κ3) is 4.59. The standard InChI is InChI=1S/C15H27N3O3/c1-2-6-16-8-10-17(11-9-16)15(21)18-7-5-13(12-18)3-4-14(19)20/h13H,2-12H2,1H3,(H,19,20). The van der Waals surface area contributed by atoms with Gasteiger partial charge in [0.25, 0.3) is 0 Å². The number of carbonyl (C=O) groups excluding carboxylic acids is 1. The van der Waals surface area contributed by atoms with Crippen molar-refractivity contribution in [1.82, 2.24) is 14.7 Å². The predicted octanol–water partition coefficient (Wildman–Crippen LogP) is 1.32. The second-order valence-electron chi connectivity index (χ2n) is 6.14. The Morgan fingerprint density at radius 3 is 2.43 bits per heavy atom. The highest BCUT2D eigenvalue weighted by atomic mass is 16.4. The molecule has 0 aromatic carbocycles. The summed E-state index contributed by atoms with van der Waals surface area (Å²) < 4.78 is 0. The molecule has 0 aromatic heterocycles. The van der Waals surface area contributed by atoms with E-state index in [1.54, 1.807) is 0 Å². The number of urea groups is 1. The molecular weight excluding hydrogens is 270 g/mol. The van der Waals surface area contributed by atoms with E-state index in [9.17, 15) is 9.59 Å². The Kier molecular flexibility index (Phi) is 5.85. The zero-order valence-electron chi connectivity index (χ0n) is 13.0. The van der Waals surface area contributed by atoms with Crippen LogP contribution in [0.1, 0.15) is 32.6 Å². The van der Waals surface area contributed by atoms with E-state index in [0.717, 1.165) is 58.7 Å². The van der Waals surface area contributed by atoms with Crippen LogP contribution in [0.5, 0.6) is 0 Å². The first kappa shape index (κ1) is 16.1. The first-order valence-electron chi connectivity index (χ1n) is 8.08. The average Bonchev–Trinajstić information content (AvgIpc) is 2.94. The van der Waals surface area contributed by atoms with Crippen molar-refractivity contribution in [1.29, 1.82) is 0 Å². The molecule has 2 heterocycles. The number of hydrogen-bond acceptors (Lipinski definition) is 3. The summed E-state index contributed by atoms with van der Waals surface area (Å²) in [6.07, 6.45) is 2.99. The summed E-state index contributed by atoms with van der Waals surface area (Å²) in [6.45, 7) is 8.36. The second-order valence-corrected chi connectivity index (χ2v) is 6.14. The van der Waals surface area contributed by atoms with Gasteiger partial charge in [-0.1, -0.05) is 6.92 Å². The summed E-state index contributed by atoms with van der Waals surface area (Å²) in [6, 6.07) is 0.143. The summed E-state index contributed by atoms with van der Waals surface area (Å²) >= 11 is 0.